The first-order valence-electron chi connectivity index (χ1n) is 20.0. The molecule has 1 aliphatic rings. The van der Waals surface area contributed by atoms with Crippen molar-refractivity contribution in [2.75, 3.05) is 0 Å². The van der Waals surface area contributed by atoms with Crippen LogP contribution >= 0.6 is 11.3 Å². The third-order valence-corrected chi connectivity index (χ3v) is 13.4. The summed E-state index contributed by atoms with van der Waals surface area (Å²) in [4.78, 5) is 15.6. The summed E-state index contributed by atoms with van der Waals surface area (Å²) in [7, 11) is 0. The maximum absolute atomic E-state index is 6.58. The van der Waals surface area contributed by atoms with E-state index < -0.39 is 0 Å². The number of aromatic nitrogens is 3. The lowest BCUT2D eigenvalue weighted by Crippen LogP contribution is -2.15. The molecule has 0 N–H and O–H groups in total. The van der Waals surface area contributed by atoms with Crippen LogP contribution in [0.25, 0.3) is 110 Å². The molecule has 0 saturated heterocycles. The van der Waals surface area contributed by atoms with Crippen LogP contribution in [0, 0.1) is 0 Å². The second-order valence-corrected chi connectivity index (χ2v) is 17.0. The Morgan fingerprint density at radius 1 is 0.407 bits per heavy atom. The Labute approximate surface area is 345 Å². The van der Waals surface area contributed by atoms with E-state index in [-0.39, 0.29) is 5.41 Å². The smallest absolute Gasteiger partial charge is 0.164 e. The van der Waals surface area contributed by atoms with Crippen LogP contribution in [0.15, 0.2) is 180 Å². The van der Waals surface area contributed by atoms with E-state index in [9.17, 15) is 0 Å². The van der Waals surface area contributed by atoms with Crippen molar-refractivity contribution >= 4 is 53.4 Å². The zero-order chi connectivity index (χ0) is 39.2. The summed E-state index contributed by atoms with van der Waals surface area (Å²) in [5.74, 6) is 1.87. The average Bonchev–Trinajstić information content (AvgIpc) is 3.94. The van der Waals surface area contributed by atoms with Gasteiger partial charge in [-0.3, -0.25) is 0 Å². The van der Waals surface area contributed by atoms with Gasteiger partial charge in [0.1, 0.15) is 11.2 Å². The highest BCUT2D eigenvalue weighted by Crippen LogP contribution is 2.50. The highest BCUT2D eigenvalue weighted by Gasteiger charge is 2.35. The molecule has 278 valence electrons. The number of furan rings is 1. The van der Waals surface area contributed by atoms with Crippen LogP contribution in [0.5, 0.6) is 0 Å². The van der Waals surface area contributed by atoms with Crippen LogP contribution in [0.3, 0.4) is 0 Å². The van der Waals surface area contributed by atoms with Crippen LogP contribution in [-0.2, 0) is 5.41 Å². The Balaban J connectivity index is 1.04. The van der Waals surface area contributed by atoms with Crippen LogP contribution in [0.2, 0.25) is 0 Å². The molecular formula is C54H35N3OS. The van der Waals surface area contributed by atoms with E-state index in [1.54, 1.807) is 0 Å². The topological polar surface area (TPSA) is 51.8 Å². The molecule has 5 heteroatoms. The SMILES string of the molecule is CC1(C)c2ccccc2-c2ccc(-c3nc(-c4ccccc4)nc(-c4cccc5oc6ccc(-c7cccc8sc9c(-c%10ccccc%10)cccc9c78)cc6c45)n3)cc21. The van der Waals surface area contributed by atoms with Gasteiger partial charge in [0.25, 0.3) is 0 Å². The summed E-state index contributed by atoms with van der Waals surface area (Å²) in [6.07, 6.45) is 0. The minimum absolute atomic E-state index is 0.150. The Morgan fingerprint density at radius 2 is 1.05 bits per heavy atom. The van der Waals surface area contributed by atoms with Gasteiger partial charge >= 0.3 is 0 Å². The average molecular weight is 774 g/mol. The molecule has 59 heavy (non-hydrogen) atoms. The maximum Gasteiger partial charge on any atom is 0.164 e. The summed E-state index contributed by atoms with van der Waals surface area (Å²) in [6, 6.07) is 62.4. The fourth-order valence-electron chi connectivity index (χ4n) is 9.30. The van der Waals surface area contributed by atoms with Gasteiger partial charge < -0.3 is 4.42 Å². The van der Waals surface area contributed by atoms with Gasteiger partial charge in [0.05, 0.1) is 0 Å². The minimum Gasteiger partial charge on any atom is -0.456 e. The summed E-state index contributed by atoms with van der Waals surface area (Å²) in [5.41, 5.74) is 14.3. The van der Waals surface area contributed by atoms with Crippen molar-refractivity contribution in [3.63, 3.8) is 0 Å². The maximum atomic E-state index is 6.58. The predicted octanol–water partition coefficient (Wildman–Crippen LogP) is 14.8. The molecule has 3 heterocycles. The zero-order valence-electron chi connectivity index (χ0n) is 32.4. The molecule has 0 aliphatic heterocycles. The van der Waals surface area contributed by atoms with Gasteiger partial charge in [0.15, 0.2) is 17.5 Å². The first-order valence-corrected chi connectivity index (χ1v) is 20.8. The van der Waals surface area contributed by atoms with E-state index in [0.29, 0.717) is 17.5 Å². The molecule has 3 aromatic heterocycles. The first-order chi connectivity index (χ1) is 29.0. The van der Waals surface area contributed by atoms with E-state index in [1.807, 2.05) is 41.7 Å². The van der Waals surface area contributed by atoms with Crippen molar-refractivity contribution in [3.05, 3.63) is 187 Å². The quantitative estimate of drug-likeness (QED) is 0.175. The molecule has 11 aromatic rings. The van der Waals surface area contributed by atoms with E-state index in [4.69, 9.17) is 19.4 Å². The highest BCUT2D eigenvalue weighted by atomic mass is 32.1. The Morgan fingerprint density at radius 3 is 1.90 bits per heavy atom. The molecule has 8 aromatic carbocycles. The largest absolute Gasteiger partial charge is 0.456 e. The summed E-state index contributed by atoms with van der Waals surface area (Å²) >= 11 is 1.86. The predicted molar refractivity (Wildman–Crippen MR) is 245 cm³/mol. The molecule has 0 atom stereocenters. The first kappa shape index (κ1) is 33.9. The van der Waals surface area contributed by atoms with Gasteiger partial charge in [0.2, 0.25) is 0 Å². The number of thiophene rings is 1. The lowest BCUT2D eigenvalue weighted by molar-refractivity contribution is 0.660. The Kier molecular flexibility index (Phi) is 7.41. The number of hydrogen-bond acceptors (Lipinski definition) is 5. The molecule has 1 aliphatic carbocycles. The van der Waals surface area contributed by atoms with Gasteiger partial charge in [-0.25, -0.2) is 15.0 Å². The molecule has 0 fully saturated rings. The summed E-state index contributed by atoms with van der Waals surface area (Å²) in [6.45, 7) is 4.61. The van der Waals surface area contributed by atoms with Crippen molar-refractivity contribution in [2.45, 2.75) is 19.3 Å². The molecule has 4 nitrogen and oxygen atoms in total. The minimum atomic E-state index is -0.150. The van der Waals surface area contributed by atoms with E-state index in [2.05, 4.69) is 159 Å². The van der Waals surface area contributed by atoms with Gasteiger partial charge in [-0.15, -0.1) is 11.3 Å². The van der Waals surface area contributed by atoms with Gasteiger partial charge in [-0.05, 0) is 74.8 Å². The van der Waals surface area contributed by atoms with Crippen LogP contribution in [0.4, 0.5) is 0 Å². The zero-order valence-corrected chi connectivity index (χ0v) is 33.2. The fourth-order valence-corrected chi connectivity index (χ4v) is 10.6. The second-order valence-electron chi connectivity index (χ2n) is 15.9. The van der Waals surface area contributed by atoms with Crippen molar-refractivity contribution in [1.82, 2.24) is 15.0 Å². The molecular weight excluding hydrogens is 739 g/mol. The third kappa shape index (κ3) is 5.25. The number of benzene rings is 8. The molecule has 0 bridgehead atoms. The van der Waals surface area contributed by atoms with E-state index >= 15 is 0 Å². The van der Waals surface area contributed by atoms with Crippen molar-refractivity contribution in [2.24, 2.45) is 0 Å². The normalized spacial score (nSPS) is 13.1. The number of hydrogen-bond donors (Lipinski definition) is 0. The van der Waals surface area contributed by atoms with Gasteiger partial charge in [-0.2, -0.15) is 0 Å². The van der Waals surface area contributed by atoms with Crippen molar-refractivity contribution in [3.8, 4) is 67.5 Å². The molecule has 12 rings (SSSR count). The highest BCUT2D eigenvalue weighted by molar-refractivity contribution is 7.26. The van der Waals surface area contributed by atoms with Crippen LogP contribution < -0.4 is 0 Å². The van der Waals surface area contributed by atoms with Crippen molar-refractivity contribution < 1.29 is 4.42 Å². The fraction of sp³-hybridized carbons (Fsp3) is 0.0556. The Bertz CT molecular complexity index is 3470. The molecule has 0 amide bonds. The summed E-state index contributed by atoms with van der Waals surface area (Å²) < 4.78 is 9.15. The summed E-state index contributed by atoms with van der Waals surface area (Å²) in [5, 5.41) is 4.55. The van der Waals surface area contributed by atoms with E-state index in [0.717, 1.165) is 44.2 Å². The van der Waals surface area contributed by atoms with Gasteiger partial charge in [0, 0.05) is 53.1 Å². The monoisotopic (exact) mass is 773 g/mol. The third-order valence-electron chi connectivity index (χ3n) is 12.2. The van der Waals surface area contributed by atoms with E-state index in [1.165, 1.54) is 59.1 Å². The number of nitrogens with zero attached hydrogens (tertiary/aromatic N) is 3. The van der Waals surface area contributed by atoms with Crippen LogP contribution in [0.1, 0.15) is 25.0 Å². The molecule has 0 unspecified atom stereocenters. The number of fused-ring (bicyclic) bond motifs is 9. The second kappa shape index (κ2) is 12.9. The van der Waals surface area contributed by atoms with Gasteiger partial charge in [-0.1, -0.05) is 159 Å². The standard InChI is InChI=1S/C54H35N3OS/c1-54(2)43-23-10-9-18-38(43)39-28-26-35(31-44(39)54)52-55-51(33-16-7-4-8-17-33)56-53(57-52)41-22-12-24-46-48(41)42-30-34(27-29-45(42)58-46)36-19-13-25-47-49(36)40-21-11-20-37(50(40)59-47)32-14-5-3-6-15-32/h3-31H,1-2H3. The molecule has 0 radical (unpaired) electrons. The lowest BCUT2D eigenvalue weighted by atomic mass is 9.82. The lowest BCUT2D eigenvalue weighted by Gasteiger charge is -2.21. The van der Waals surface area contributed by atoms with Crippen molar-refractivity contribution in [1.29, 1.82) is 0 Å². The van der Waals surface area contributed by atoms with Crippen LogP contribution in [-0.4, -0.2) is 15.0 Å². The molecule has 0 spiro atoms. The number of rotatable bonds is 5. The molecule has 0 saturated carbocycles. The Hall–Kier alpha value is -7.21.